The van der Waals surface area contributed by atoms with Gasteiger partial charge in [-0.15, -0.1) is 0 Å². The van der Waals surface area contributed by atoms with Crippen molar-refractivity contribution in [3.63, 3.8) is 0 Å². The van der Waals surface area contributed by atoms with Crippen LogP contribution in [0.15, 0.2) is 23.2 Å². The molecule has 0 aliphatic rings. The van der Waals surface area contributed by atoms with E-state index < -0.39 is 0 Å². The molecule has 0 radical (unpaired) electrons. The summed E-state index contributed by atoms with van der Waals surface area (Å²) < 4.78 is 16.3. The number of unbranched alkanes of at least 4 members (excludes halogenated alkanes) is 1. The normalized spacial score (nSPS) is 11.4. The molecule has 1 aromatic rings. The van der Waals surface area contributed by atoms with E-state index in [0.29, 0.717) is 32.9 Å². The van der Waals surface area contributed by atoms with Crippen molar-refractivity contribution in [2.24, 2.45) is 4.99 Å². The monoisotopic (exact) mass is 351 g/mol. The highest BCUT2D eigenvalue weighted by Gasteiger charge is 2.02. The molecule has 0 atom stereocenters. The van der Waals surface area contributed by atoms with Crippen LogP contribution < -0.4 is 15.4 Å². The van der Waals surface area contributed by atoms with E-state index in [1.165, 1.54) is 0 Å². The van der Waals surface area contributed by atoms with Crippen LogP contribution in [0.4, 0.5) is 0 Å². The summed E-state index contributed by atoms with van der Waals surface area (Å²) in [4.78, 5) is 4.21. The van der Waals surface area contributed by atoms with Crippen molar-refractivity contribution in [3.8, 4) is 5.75 Å². The summed E-state index contributed by atoms with van der Waals surface area (Å²) in [5.74, 6) is 1.65. The predicted molar refractivity (Wildman–Crippen MR) is 102 cm³/mol. The Morgan fingerprint density at radius 1 is 1.08 bits per heavy atom. The zero-order chi connectivity index (χ0) is 18.3. The van der Waals surface area contributed by atoms with E-state index in [2.05, 4.69) is 34.7 Å². The maximum absolute atomic E-state index is 5.53. The SMILES string of the molecule is CCCCOCCOCCNC(=NC)NCc1ccc(C)c(OC)c1. The standard InChI is InChI=1S/C19H33N3O3/c1-5-6-10-24-12-13-25-11-9-21-19(20-3)22-15-17-8-7-16(2)18(14-17)23-4/h7-8,14H,5-6,9-13,15H2,1-4H3,(H2,20,21,22). The Hall–Kier alpha value is -1.79. The van der Waals surface area contributed by atoms with Crippen molar-refractivity contribution in [1.29, 1.82) is 0 Å². The smallest absolute Gasteiger partial charge is 0.191 e. The molecule has 0 fully saturated rings. The van der Waals surface area contributed by atoms with Gasteiger partial charge in [0.05, 0.1) is 26.9 Å². The molecule has 6 nitrogen and oxygen atoms in total. The summed E-state index contributed by atoms with van der Waals surface area (Å²) in [5, 5.41) is 6.52. The van der Waals surface area contributed by atoms with Crippen LogP contribution in [0.5, 0.6) is 5.75 Å². The molecule has 0 aliphatic carbocycles. The molecule has 2 N–H and O–H groups in total. The zero-order valence-electron chi connectivity index (χ0n) is 16.1. The Bertz CT molecular complexity index is 507. The molecule has 0 heterocycles. The van der Waals surface area contributed by atoms with Crippen molar-refractivity contribution >= 4 is 5.96 Å². The number of aryl methyl sites for hydroxylation is 1. The second-order valence-electron chi connectivity index (χ2n) is 5.73. The number of hydrogen-bond donors (Lipinski definition) is 2. The van der Waals surface area contributed by atoms with Crippen molar-refractivity contribution in [2.45, 2.75) is 33.2 Å². The minimum Gasteiger partial charge on any atom is -0.496 e. The Morgan fingerprint density at radius 3 is 2.52 bits per heavy atom. The predicted octanol–water partition coefficient (Wildman–Crippen LogP) is 2.50. The number of nitrogens with zero attached hydrogens (tertiary/aromatic N) is 1. The van der Waals surface area contributed by atoms with Crippen molar-refractivity contribution < 1.29 is 14.2 Å². The molecule has 0 aromatic heterocycles. The van der Waals surface area contributed by atoms with Crippen LogP contribution in [-0.2, 0) is 16.0 Å². The number of aliphatic imine (C=N–C) groups is 1. The zero-order valence-corrected chi connectivity index (χ0v) is 16.1. The summed E-state index contributed by atoms with van der Waals surface area (Å²) in [7, 11) is 3.45. The molecule has 25 heavy (non-hydrogen) atoms. The number of benzene rings is 1. The molecule has 1 rings (SSSR count). The summed E-state index contributed by atoms with van der Waals surface area (Å²) in [6, 6.07) is 6.18. The van der Waals surface area contributed by atoms with Crippen LogP contribution in [0, 0.1) is 6.92 Å². The van der Waals surface area contributed by atoms with Crippen molar-refractivity contribution in [3.05, 3.63) is 29.3 Å². The first-order valence-electron chi connectivity index (χ1n) is 8.94. The van der Waals surface area contributed by atoms with Crippen molar-refractivity contribution in [2.75, 3.05) is 47.1 Å². The minimum absolute atomic E-state index is 0.621. The van der Waals surface area contributed by atoms with E-state index >= 15 is 0 Å². The van der Waals surface area contributed by atoms with Gasteiger partial charge in [0, 0.05) is 26.7 Å². The Kier molecular flexibility index (Phi) is 11.5. The number of guanidine groups is 1. The van der Waals surface area contributed by atoms with Crippen LogP contribution in [-0.4, -0.2) is 53.1 Å². The third kappa shape index (κ3) is 9.31. The van der Waals surface area contributed by atoms with Gasteiger partial charge in [0.1, 0.15) is 5.75 Å². The van der Waals surface area contributed by atoms with E-state index in [1.54, 1.807) is 14.2 Å². The average molecular weight is 351 g/mol. The van der Waals surface area contributed by atoms with E-state index in [0.717, 1.165) is 42.3 Å². The molecule has 142 valence electrons. The maximum Gasteiger partial charge on any atom is 0.191 e. The Labute approximate surface area is 152 Å². The second-order valence-corrected chi connectivity index (χ2v) is 5.73. The van der Waals surface area contributed by atoms with Gasteiger partial charge in [-0.1, -0.05) is 25.5 Å². The molecule has 0 bridgehead atoms. The summed E-state index contributed by atoms with van der Waals surface area (Å²) in [6.45, 7) is 8.29. The fraction of sp³-hybridized carbons (Fsp3) is 0.632. The van der Waals surface area contributed by atoms with Gasteiger partial charge in [0.15, 0.2) is 5.96 Å². The molecule has 0 saturated heterocycles. The van der Waals surface area contributed by atoms with Crippen LogP contribution in [0.1, 0.15) is 30.9 Å². The highest BCUT2D eigenvalue weighted by molar-refractivity contribution is 5.79. The van der Waals surface area contributed by atoms with Crippen LogP contribution in [0.3, 0.4) is 0 Å². The first kappa shape index (κ1) is 21.3. The first-order valence-corrected chi connectivity index (χ1v) is 8.94. The third-order valence-electron chi connectivity index (χ3n) is 3.71. The number of rotatable bonds is 12. The average Bonchev–Trinajstić information content (AvgIpc) is 2.63. The molecule has 1 aromatic carbocycles. The highest BCUT2D eigenvalue weighted by Crippen LogP contribution is 2.18. The quantitative estimate of drug-likeness (QED) is 0.344. The third-order valence-corrected chi connectivity index (χ3v) is 3.71. The van der Waals surface area contributed by atoms with Gasteiger partial charge < -0.3 is 24.8 Å². The van der Waals surface area contributed by atoms with Gasteiger partial charge >= 0.3 is 0 Å². The van der Waals surface area contributed by atoms with E-state index in [4.69, 9.17) is 14.2 Å². The number of hydrogen-bond acceptors (Lipinski definition) is 4. The van der Waals surface area contributed by atoms with E-state index in [-0.39, 0.29) is 0 Å². The lowest BCUT2D eigenvalue weighted by molar-refractivity contribution is 0.0487. The van der Waals surface area contributed by atoms with Gasteiger partial charge in [0.25, 0.3) is 0 Å². The number of ether oxygens (including phenoxy) is 3. The molecule has 0 aliphatic heterocycles. The fourth-order valence-electron chi connectivity index (χ4n) is 2.19. The number of methoxy groups -OCH3 is 1. The Balaban J connectivity index is 2.16. The molecular formula is C19H33N3O3. The molecule has 0 saturated carbocycles. The molecular weight excluding hydrogens is 318 g/mol. The van der Waals surface area contributed by atoms with Crippen molar-refractivity contribution in [1.82, 2.24) is 10.6 Å². The Morgan fingerprint density at radius 2 is 1.84 bits per heavy atom. The first-order chi connectivity index (χ1) is 12.2. The van der Waals surface area contributed by atoms with Crippen LogP contribution in [0.2, 0.25) is 0 Å². The fourth-order valence-corrected chi connectivity index (χ4v) is 2.19. The minimum atomic E-state index is 0.621. The topological polar surface area (TPSA) is 64.1 Å². The lowest BCUT2D eigenvalue weighted by Gasteiger charge is -2.13. The van der Waals surface area contributed by atoms with Gasteiger partial charge in [-0.2, -0.15) is 0 Å². The lowest BCUT2D eigenvalue weighted by atomic mass is 10.1. The summed E-state index contributed by atoms with van der Waals surface area (Å²) >= 11 is 0. The van der Waals surface area contributed by atoms with Gasteiger partial charge in [-0.3, -0.25) is 4.99 Å². The van der Waals surface area contributed by atoms with Gasteiger partial charge in [0.2, 0.25) is 0 Å². The molecule has 6 heteroatoms. The molecule has 0 spiro atoms. The molecule has 0 amide bonds. The summed E-state index contributed by atoms with van der Waals surface area (Å²) in [6.07, 6.45) is 2.27. The van der Waals surface area contributed by atoms with Gasteiger partial charge in [-0.25, -0.2) is 0 Å². The van der Waals surface area contributed by atoms with Gasteiger partial charge in [-0.05, 0) is 30.5 Å². The maximum atomic E-state index is 5.53. The van der Waals surface area contributed by atoms with E-state index in [9.17, 15) is 0 Å². The second kappa shape index (κ2) is 13.5. The molecule has 0 unspecified atom stereocenters. The van der Waals surface area contributed by atoms with Crippen LogP contribution in [0.25, 0.3) is 0 Å². The highest BCUT2D eigenvalue weighted by atomic mass is 16.5. The van der Waals surface area contributed by atoms with E-state index in [1.807, 2.05) is 13.0 Å². The van der Waals surface area contributed by atoms with Crippen LogP contribution >= 0.6 is 0 Å². The largest absolute Gasteiger partial charge is 0.496 e. The lowest BCUT2D eigenvalue weighted by Crippen LogP contribution is -2.38. The number of nitrogens with one attached hydrogen (secondary N) is 2. The summed E-state index contributed by atoms with van der Waals surface area (Å²) in [5.41, 5.74) is 2.27.